The van der Waals surface area contributed by atoms with Crippen LogP contribution in [0.3, 0.4) is 0 Å². The van der Waals surface area contributed by atoms with Gasteiger partial charge in [0.25, 0.3) is 0 Å². The van der Waals surface area contributed by atoms with Crippen LogP contribution in [0.15, 0.2) is 54.6 Å². The highest BCUT2D eigenvalue weighted by Gasteiger charge is 2.31. The van der Waals surface area contributed by atoms with Crippen molar-refractivity contribution in [1.29, 1.82) is 0 Å². The van der Waals surface area contributed by atoms with Crippen molar-refractivity contribution < 1.29 is 4.79 Å². The predicted molar refractivity (Wildman–Crippen MR) is 104 cm³/mol. The molecule has 1 aliphatic rings. The van der Waals surface area contributed by atoms with Gasteiger partial charge in [0.15, 0.2) is 0 Å². The molecule has 1 amide bonds. The van der Waals surface area contributed by atoms with Crippen molar-refractivity contribution in [1.82, 2.24) is 9.88 Å². The first-order chi connectivity index (χ1) is 12.2. The van der Waals surface area contributed by atoms with Crippen molar-refractivity contribution in [2.45, 2.75) is 25.8 Å². The Morgan fingerprint density at radius 3 is 2.80 bits per heavy atom. The maximum absolute atomic E-state index is 12.7. The molecule has 4 rings (SSSR count). The van der Waals surface area contributed by atoms with Crippen LogP contribution in [-0.4, -0.2) is 22.3 Å². The molecule has 3 nitrogen and oxygen atoms in total. The molecule has 0 radical (unpaired) electrons. The highest BCUT2D eigenvalue weighted by atomic mass is 32.1. The van der Waals surface area contributed by atoms with Gasteiger partial charge in [0.1, 0.15) is 5.01 Å². The Hall–Kier alpha value is -2.46. The van der Waals surface area contributed by atoms with Crippen LogP contribution in [0.2, 0.25) is 0 Å². The summed E-state index contributed by atoms with van der Waals surface area (Å²) in [5.41, 5.74) is 3.30. The summed E-state index contributed by atoms with van der Waals surface area (Å²) in [4.78, 5) is 19.4. The number of aromatic nitrogens is 1. The molecule has 1 saturated heterocycles. The van der Waals surface area contributed by atoms with Gasteiger partial charge in [0, 0.05) is 12.6 Å². The largest absolute Gasteiger partial charge is 0.330 e. The topological polar surface area (TPSA) is 33.2 Å². The lowest BCUT2D eigenvalue weighted by atomic mass is 10.1. The van der Waals surface area contributed by atoms with Gasteiger partial charge in [-0.2, -0.15) is 0 Å². The number of benzene rings is 2. The van der Waals surface area contributed by atoms with E-state index in [9.17, 15) is 4.79 Å². The summed E-state index contributed by atoms with van der Waals surface area (Å²) in [6.45, 7) is 2.86. The number of hydrogen-bond acceptors (Lipinski definition) is 3. The van der Waals surface area contributed by atoms with Gasteiger partial charge in [0.2, 0.25) is 5.91 Å². The van der Waals surface area contributed by atoms with E-state index in [2.05, 4.69) is 25.1 Å². The van der Waals surface area contributed by atoms with E-state index in [0.717, 1.165) is 35.5 Å². The lowest BCUT2D eigenvalue weighted by Gasteiger charge is -2.21. The van der Waals surface area contributed by atoms with E-state index in [0.29, 0.717) is 0 Å². The summed E-state index contributed by atoms with van der Waals surface area (Å²) in [6.07, 6.45) is 5.61. The number of carbonyl (C=O) groups excluding carboxylic acids is 1. The van der Waals surface area contributed by atoms with Crippen molar-refractivity contribution in [3.8, 4) is 0 Å². The van der Waals surface area contributed by atoms with E-state index < -0.39 is 0 Å². The summed E-state index contributed by atoms with van der Waals surface area (Å²) in [7, 11) is 0. The number of para-hydroxylation sites is 1. The Balaban J connectivity index is 1.54. The summed E-state index contributed by atoms with van der Waals surface area (Å²) < 4.78 is 1.19. The maximum atomic E-state index is 12.7. The van der Waals surface area contributed by atoms with Gasteiger partial charge >= 0.3 is 0 Å². The molecule has 1 fully saturated rings. The SMILES string of the molecule is Cc1ccc(/C=C/C(=O)N2CCCC2c2nc3ccccc3s2)cc1. The zero-order valence-electron chi connectivity index (χ0n) is 14.2. The molecule has 0 bridgehead atoms. The van der Waals surface area contributed by atoms with Gasteiger partial charge in [-0.15, -0.1) is 11.3 Å². The average molecular weight is 348 g/mol. The van der Waals surface area contributed by atoms with E-state index in [1.165, 1.54) is 10.3 Å². The Morgan fingerprint density at radius 1 is 1.20 bits per heavy atom. The van der Waals surface area contributed by atoms with Crippen molar-refractivity contribution in [2.75, 3.05) is 6.54 Å². The molecular formula is C21H20N2OS. The molecule has 1 unspecified atom stereocenters. The first-order valence-electron chi connectivity index (χ1n) is 8.61. The van der Waals surface area contributed by atoms with Gasteiger partial charge in [-0.05, 0) is 43.5 Å². The number of fused-ring (bicyclic) bond motifs is 1. The molecule has 1 aromatic heterocycles. The van der Waals surface area contributed by atoms with Gasteiger partial charge in [0.05, 0.1) is 16.3 Å². The predicted octanol–water partition coefficient (Wildman–Crippen LogP) is 4.98. The Morgan fingerprint density at radius 2 is 2.00 bits per heavy atom. The minimum atomic E-state index is 0.0716. The zero-order chi connectivity index (χ0) is 17.2. The third kappa shape index (κ3) is 3.35. The number of rotatable bonds is 3. The number of hydrogen-bond donors (Lipinski definition) is 0. The van der Waals surface area contributed by atoms with Crippen LogP contribution in [0.5, 0.6) is 0 Å². The van der Waals surface area contributed by atoms with Crippen molar-refractivity contribution in [3.63, 3.8) is 0 Å². The van der Waals surface area contributed by atoms with Crippen LogP contribution in [0.4, 0.5) is 0 Å². The third-order valence-corrected chi connectivity index (χ3v) is 5.76. The molecular weight excluding hydrogens is 328 g/mol. The Kier molecular flexibility index (Phi) is 4.36. The number of aryl methyl sites for hydroxylation is 1. The van der Waals surface area contributed by atoms with E-state index in [-0.39, 0.29) is 11.9 Å². The fourth-order valence-electron chi connectivity index (χ4n) is 3.26. The van der Waals surface area contributed by atoms with Gasteiger partial charge in [-0.1, -0.05) is 42.0 Å². The molecule has 25 heavy (non-hydrogen) atoms. The fourth-order valence-corrected chi connectivity index (χ4v) is 4.38. The van der Waals surface area contributed by atoms with Crippen LogP contribution in [0.25, 0.3) is 16.3 Å². The molecule has 0 spiro atoms. The zero-order valence-corrected chi connectivity index (χ0v) is 15.0. The normalized spacial score (nSPS) is 17.6. The molecule has 1 atom stereocenters. The number of thiazole rings is 1. The smallest absolute Gasteiger partial charge is 0.247 e. The quantitative estimate of drug-likeness (QED) is 0.625. The second-order valence-corrected chi connectivity index (χ2v) is 7.52. The number of carbonyl (C=O) groups is 1. The van der Waals surface area contributed by atoms with Crippen molar-refractivity contribution >= 4 is 33.5 Å². The van der Waals surface area contributed by atoms with Crippen LogP contribution in [0, 0.1) is 6.92 Å². The first kappa shape index (κ1) is 16.0. The summed E-state index contributed by atoms with van der Waals surface area (Å²) in [6, 6.07) is 16.5. The highest BCUT2D eigenvalue weighted by Crippen LogP contribution is 2.36. The standard InChI is InChI=1S/C21H20N2OS/c1-15-8-10-16(11-9-15)12-13-20(24)23-14-4-6-18(23)21-22-17-5-2-3-7-19(17)25-21/h2-3,5,7-13,18H,4,6,14H2,1H3/b13-12+. The molecule has 1 aliphatic heterocycles. The van der Waals surface area contributed by atoms with Crippen LogP contribution < -0.4 is 0 Å². The molecule has 2 aromatic carbocycles. The van der Waals surface area contributed by atoms with Gasteiger partial charge < -0.3 is 4.90 Å². The number of nitrogens with zero attached hydrogens (tertiary/aromatic N) is 2. The molecule has 0 saturated carbocycles. The van der Waals surface area contributed by atoms with E-state index in [1.807, 2.05) is 41.3 Å². The van der Waals surface area contributed by atoms with Crippen LogP contribution >= 0.6 is 11.3 Å². The van der Waals surface area contributed by atoms with Crippen LogP contribution in [0.1, 0.15) is 35.0 Å². The second-order valence-electron chi connectivity index (χ2n) is 6.45. The molecule has 3 aromatic rings. The van der Waals surface area contributed by atoms with E-state index >= 15 is 0 Å². The lowest BCUT2D eigenvalue weighted by Crippen LogP contribution is -2.28. The molecule has 0 N–H and O–H groups in total. The third-order valence-electron chi connectivity index (χ3n) is 4.63. The van der Waals surface area contributed by atoms with Gasteiger partial charge in [-0.25, -0.2) is 4.98 Å². The van der Waals surface area contributed by atoms with Crippen molar-refractivity contribution in [2.24, 2.45) is 0 Å². The Labute approximate surface area is 151 Å². The first-order valence-corrected chi connectivity index (χ1v) is 9.43. The van der Waals surface area contributed by atoms with Crippen LogP contribution in [-0.2, 0) is 4.79 Å². The second kappa shape index (κ2) is 6.81. The number of amides is 1. The molecule has 126 valence electrons. The van der Waals surface area contributed by atoms with Crippen molar-refractivity contribution in [3.05, 3.63) is 70.7 Å². The monoisotopic (exact) mass is 348 g/mol. The van der Waals surface area contributed by atoms with Gasteiger partial charge in [-0.3, -0.25) is 4.79 Å². The van der Waals surface area contributed by atoms with E-state index in [1.54, 1.807) is 17.4 Å². The maximum Gasteiger partial charge on any atom is 0.247 e. The highest BCUT2D eigenvalue weighted by molar-refractivity contribution is 7.18. The minimum Gasteiger partial charge on any atom is -0.330 e. The summed E-state index contributed by atoms with van der Waals surface area (Å²) >= 11 is 1.70. The summed E-state index contributed by atoms with van der Waals surface area (Å²) in [5.74, 6) is 0.0716. The lowest BCUT2D eigenvalue weighted by molar-refractivity contribution is -0.126. The molecule has 0 aliphatic carbocycles. The van der Waals surface area contributed by atoms with E-state index in [4.69, 9.17) is 4.98 Å². The summed E-state index contributed by atoms with van der Waals surface area (Å²) in [5, 5.41) is 1.05. The average Bonchev–Trinajstić information content (AvgIpc) is 3.27. The minimum absolute atomic E-state index is 0.0716. The molecule has 4 heteroatoms. The molecule has 2 heterocycles. The fraction of sp³-hybridized carbons (Fsp3) is 0.238. The Bertz CT molecular complexity index is 893. The number of likely N-dealkylation sites (tertiary alicyclic amines) is 1.